The molecule has 0 radical (unpaired) electrons. The lowest BCUT2D eigenvalue weighted by atomic mass is 10.1. The highest BCUT2D eigenvalue weighted by atomic mass is 16.5. The minimum Gasteiger partial charge on any atom is -0.489 e. The number of anilines is 2. The summed E-state index contributed by atoms with van der Waals surface area (Å²) in [5.41, 5.74) is 5.37. The van der Waals surface area contributed by atoms with Crippen molar-refractivity contribution in [3.8, 4) is 5.75 Å². The number of aryl methyl sites for hydroxylation is 1. The molecule has 0 unspecified atom stereocenters. The molecule has 0 heterocycles. The van der Waals surface area contributed by atoms with Crippen molar-refractivity contribution in [1.82, 2.24) is 0 Å². The van der Waals surface area contributed by atoms with Crippen molar-refractivity contribution in [3.05, 3.63) is 89.5 Å². The van der Waals surface area contributed by atoms with Crippen molar-refractivity contribution in [2.45, 2.75) is 40.3 Å². The predicted octanol–water partition coefficient (Wildman–Crippen LogP) is 6.17. The lowest BCUT2D eigenvalue weighted by molar-refractivity contribution is -0.116. The molecule has 0 aliphatic carbocycles. The average molecular weight is 403 g/mol. The van der Waals surface area contributed by atoms with Gasteiger partial charge < -0.3 is 15.4 Å². The van der Waals surface area contributed by atoms with Crippen LogP contribution in [0.3, 0.4) is 0 Å². The molecule has 3 aromatic carbocycles. The fraction of sp³-hybridized carbons (Fsp3) is 0.269. The highest BCUT2D eigenvalue weighted by Gasteiger charge is 2.06. The van der Waals surface area contributed by atoms with E-state index in [-0.39, 0.29) is 5.91 Å². The van der Waals surface area contributed by atoms with Gasteiger partial charge in [-0.2, -0.15) is 0 Å². The summed E-state index contributed by atoms with van der Waals surface area (Å²) in [6.45, 7) is 7.44. The summed E-state index contributed by atoms with van der Waals surface area (Å²) in [6, 6.07) is 24.2. The Morgan fingerprint density at radius 2 is 1.67 bits per heavy atom. The molecule has 0 atom stereocenters. The van der Waals surface area contributed by atoms with E-state index in [1.165, 1.54) is 11.1 Å². The minimum absolute atomic E-state index is 0.0448. The Balaban J connectivity index is 1.51. The average Bonchev–Trinajstić information content (AvgIpc) is 2.72. The van der Waals surface area contributed by atoms with Crippen molar-refractivity contribution in [1.29, 1.82) is 0 Å². The van der Waals surface area contributed by atoms with Gasteiger partial charge in [-0.3, -0.25) is 4.79 Å². The number of rotatable bonds is 9. The third-order valence-corrected chi connectivity index (χ3v) is 4.82. The van der Waals surface area contributed by atoms with Crippen LogP contribution in [0, 0.1) is 12.8 Å². The van der Waals surface area contributed by atoms with Gasteiger partial charge in [0.05, 0.1) is 0 Å². The van der Waals surface area contributed by atoms with Crippen LogP contribution in [0.25, 0.3) is 0 Å². The summed E-state index contributed by atoms with van der Waals surface area (Å²) in [5.74, 6) is 1.25. The highest BCUT2D eigenvalue weighted by Crippen LogP contribution is 2.19. The summed E-state index contributed by atoms with van der Waals surface area (Å²) >= 11 is 0. The fourth-order valence-electron chi connectivity index (χ4n) is 3.13. The molecule has 0 aliphatic heterocycles. The summed E-state index contributed by atoms with van der Waals surface area (Å²) in [5, 5.41) is 6.36. The topological polar surface area (TPSA) is 50.4 Å². The van der Waals surface area contributed by atoms with Gasteiger partial charge in [-0.25, -0.2) is 0 Å². The molecular formula is C26H30N2O2. The third-order valence-electron chi connectivity index (χ3n) is 4.82. The van der Waals surface area contributed by atoms with E-state index >= 15 is 0 Å². The second-order valence-electron chi connectivity index (χ2n) is 7.94. The monoisotopic (exact) mass is 402 g/mol. The van der Waals surface area contributed by atoms with Gasteiger partial charge in [-0.15, -0.1) is 0 Å². The molecule has 0 bridgehead atoms. The zero-order valence-electron chi connectivity index (χ0n) is 17.9. The molecule has 3 aromatic rings. The van der Waals surface area contributed by atoms with Crippen LogP contribution in [0.5, 0.6) is 5.75 Å². The van der Waals surface area contributed by atoms with Gasteiger partial charge in [-0.05, 0) is 59.9 Å². The van der Waals surface area contributed by atoms with Crippen molar-refractivity contribution in [2.75, 3.05) is 10.6 Å². The molecule has 0 saturated carbocycles. The molecular weight excluding hydrogens is 372 g/mol. The standard InChI is InChI=1S/C26H30N2O2/c1-19(2)15-26(29)28-24-10-6-9-23(16-24)27-17-21-11-13-25(14-12-21)30-18-22-8-5-4-7-20(22)3/h4-14,16,19,27H,15,17-18H2,1-3H3,(H,28,29). The first-order chi connectivity index (χ1) is 14.5. The molecule has 4 nitrogen and oxygen atoms in total. The van der Waals surface area contributed by atoms with Gasteiger partial charge in [-0.1, -0.05) is 56.3 Å². The third kappa shape index (κ3) is 6.66. The second-order valence-corrected chi connectivity index (χ2v) is 7.94. The van der Waals surface area contributed by atoms with Gasteiger partial charge in [0.1, 0.15) is 12.4 Å². The van der Waals surface area contributed by atoms with Gasteiger partial charge in [0.25, 0.3) is 0 Å². The van der Waals surface area contributed by atoms with Crippen LogP contribution in [-0.2, 0) is 17.9 Å². The van der Waals surface area contributed by atoms with Crippen molar-refractivity contribution >= 4 is 17.3 Å². The van der Waals surface area contributed by atoms with Gasteiger partial charge in [0.2, 0.25) is 5.91 Å². The Labute approximate surface area is 179 Å². The van der Waals surface area contributed by atoms with E-state index in [0.29, 0.717) is 25.5 Å². The Morgan fingerprint density at radius 1 is 0.933 bits per heavy atom. The van der Waals surface area contributed by atoms with Crippen molar-refractivity contribution in [2.24, 2.45) is 5.92 Å². The first-order valence-corrected chi connectivity index (χ1v) is 10.4. The first-order valence-electron chi connectivity index (χ1n) is 10.4. The predicted molar refractivity (Wildman–Crippen MR) is 124 cm³/mol. The number of hydrogen-bond acceptors (Lipinski definition) is 3. The Hall–Kier alpha value is -3.27. The van der Waals surface area contributed by atoms with E-state index < -0.39 is 0 Å². The van der Waals surface area contributed by atoms with Crippen LogP contribution in [0.2, 0.25) is 0 Å². The molecule has 4 heteroatoms. The Morgan fingerprint density at radius 3 is 2.40 bits per heavy atom. The zero-order chi connectivity index (χ0) is 21.3. The van der Waals surface area contributed by atoms with E-state index in [4.69, 9.17) is 4.74 Å². The molecule has 0 aromatic heterocycles. The molecule has 3 rings (SSSR count). The smallest absolute Gasteiger partial charge is 0.224 e. The van der Waals surface area contributed by atoms with Crippen molar-refractivity contribution < 1.29 is 9.53 Å². The number of benzene rings is 3. The van der Waals surface area contributed by atoms with E-state index in [9.17, 15) is 4.79 Å². The molecule has 0 aliphatic rings. The number of carbonyl (C=O) groups is 1. The number of ether oxygens (including phenoxy) is 1. The van der Waals surface area contributed by atoms with E-state index in [1.54, 1.807) is 0 Å². The normalized spacial score (nSPS) is 10.7. The highest BCUT2D eigenvalue weighted by molar-refractivity contribution is 5.91. The minimum atomic E-state index is 0.0448. The first kappa shape index (κ1) is 21.4. The maximum atomic E-state index is 12.0. The van der Waals surface area contributed by atoms with Gasteiger partial charge >= 0.3 is 0 Å². The largest absolute Gasteiger partial charge is 0.489 e. The Bertz CT molecular complexity index is 965. The zero-order valence-corrected chi connectivity index (χ0v) is 17.9. The van der Waals surface area contributed by atoms with Crippen LogP contribution in [0.1, 0.15) is 37.0 Å². The van der Waals surface area contributed by atoms with Gasteiger partial charge in [0.15, 0.2) is 0 Å². The van der Waals surface area contributed by atoms with Crippen LogP contribution in [0.15, 0.2) is 72.8 Å². The number of hydrogen-bond donors (Lipinski definition) is 2. The second kappa shape index (κ2) is 10.5. The summed E-state index contributed by atoms with van der Waals surface area (Å²) in [4.78, 5) is 12.0. The summed E-state index contributed by atoms with van der Waals surface area (Å²) in [6.07, 6.45) is 0.524. The lowest BCUT2D eigenvalue weighted by Crippen LogP contribution is -2.13. The fourth-order valence-corrected chi connectivity index (χ4v) is 3.13. The number of nitrogens with one attached hydrogen (secondary N) is 2. The van der Waals surface area contributed by atoms with Crippen molar-refractivity contribution in [3.63, 3.8) is 0 Å². The van der Waals surface area contributed by atoms with E-state index in [1.807, 2.05) is 62.4 Å². The SMILES string of the molecule is Cc1ccccc1COc1ccc(CNc2cccc(NC(=O)CC(C)C)c2)cc1. The summed E-state index contributed by atoms with van der Waals surface area (Å²) < 4.78 is 5.91. The molecule has 0 fully saturated rings. The quantitative estimate of drug-likeness (QED) is 0.450. The molecule has 2 N–H and O–H groups in total. The van der Waals surface area contributed by atoms with E-state index in [0.717, 1.165) is 22.7 Å². The van der Waals surface area contributed by atoms with Crippen LogP contribution >= 0.6 is 0 Å². The molecule has 156 valence electrons. The molecule has 0 spiro atoms. The molecule has 30 heavy (non-hydrogen) atoms. The van der Waals surface area contributed by atoms with Crippen LogP contribution in [-0.4, -0.2) is 5.91 Å². The van der Waals surface area contributed by atoms with Crippen LogP contribution < -0.4 is 15.4 Å². The molecule has 1 amide bonds. The maximum absolute atomic E-state index is 12.0. The number of amides is 1. The lowest BCUT2D eigenvalue weighted by Gasteiger charge is -2.11. The van der Waals surface area contributed by atoms with Crippen LogP contribution in [0.4, 0.5) is 11.4 Å². The maximum Gasteiger partial charge on any atom is 0.224 e. The number of carbonyl (C=O) groups excluding carboxylic acids is 1. The van der Waals surface area contributed by atoms with Gasteiger partial charge in [0, 0.05) is 24.3 Å². The van der Waals surface area contributed by atoms with E-state index in [2.05, 4.69) is 41.8 Å². The molecule has 0 saturated heterocycles. The summed E-state index contributed by atoms with van der Waals surface area (Å²) in [7, 11) is 0. The Kier molecular flexibility index (Phi) is 7.50.